The van der Waals surface area contributed by atoms with E-state index in [0.717, 1.165) is 6.42 Å². The summed E-state index contributed by atoms with van der Waals surface area (Å²) in [6, 6.07) is 6.47. The molecule has 0 spiro atoms. The van der Waals surface area contributed by atoms with Crippen molar-refractivity contribution in [2.24, 2.45) is 5.41 Å². The van der Waals surface area contributed by atoms with Crippen molar-refractivity contribution in [2.45, 2.75) is 46.6 Å². The van der Waals surface area contributed by atoms with Crippen LogP contribution in [0.15, 0.2) is 24.3 Å². The molecule has 2 amide bonds. The molecule has 0 fully saturated rings. The molecule has 0 unspecified atom stereocenters. The molecule has 27 heavy (non-hydrogen) atoms. The van der Waals surface area contributed by atoms with Gasteiger partial charge < -0.3 is 20.1 Å². The molecule has 0 heterocycles. The molecule has 1 aromatic carbocycles. The summed E-state index contributed by atoms with van der Waals surface area (Å²) in [5.74, 6) is -0.837. The van der Waals surface area contributed by atoms with Gasteiger partial charge >= 0.3 is 5.97 Å². The van der Waals surface area contributed by atoms with E-state index in [1.54, 1.807) is 24.3 Å². The van der Waals surface area contributed by atoms with Crippen molar-refractivity contribution in [1.82, 2.24) is 10.6 Å². The number of benzene rings is 1. The van der Waals surface area contributed by atoms with Gasteiger partial charge in [0.2, 0.25) is 0 Å². The van der Waals surface area contributed by atoms with Gasteiger partial charge in [-0.15, -0.1) is 0 Å². The highest BCUT2D eigenvalue weighted by molar-refractivity contribution is 5.96. The molecule has 0 atom stereocenters. The summed E-state index contributed by atoms with van der Waals surface area (Å²) in [5.41, 5.74) is 0.0361. The Morgan fingerprint density at radius 3 is 2.11 bits per heavy atom. The van der Waals surface area contributed by atoms with Crippen molar-refractivity contribution < 1.29 is 23.9 Å². The van der Waals surface area contributed by atoms with Crippen molar-refractivity contribution in [2.75, 3.05) is 20.3 Å². The monoisotopic (exact) mass is 378 g/mol. The first-order chi connectivity index (χ1) is 12.4. The van der Waals surface area contributed by atoms with Gasteiger partial charge in [0, 0.05) is 11.1 Å². The molecule has 0 aliphatic heterocycles. The maximum Gasteiger partial charge on any atom is 0.325 e. The lowest BCUT2D eigenvalue weighted by atomic mass is 9.82. The second-order valence-electron chi connectivity index (χ2n) is 8.24. The summed E-state index contributed by atoms with van der Waals surface area (Å²) in [5, 5.41) is 5.31. The van der Waals surface area contributed by atoms with Gasteiger partial charge in [-0.05, 0) is 49.9 Å². The largest absolute Gasteiger partial charge is 0.497 e. The average Bonchev–Trinajstić information content (AvgIpc) is 2.55. The van der Waals surface area contributed by atoms with E-state index in [0.29, 0.717) is 11.3 Å². The van der Waals surface area contributed by atoms with E-state index in [4.69, 9.17) is 9.47 Å². The van der Waals surface area contributed by atoms with Crippen molar-refractivity contribution >= 4 is 17.8 Å². The Morgan fingerprint density at radius 1 is 1.00 bits per heavy atom. The smallest absolute Gasteiger partial charge is 0.325 e. The standard InChI is InChI=1S/C20H30N2O5/c1-19(2,3)13-20(4,5)22-16(23)12-27-17(24)11-21-18(25)14-7-9-15(26-6)10-8-14/h7-10H,11-13H2,1-6H3,(H,21,25)(H,22,23). The van der Waals surface area contributed by atoms with Crippen LogP contribution < -0.4 is 15.4 Å². The SMILES string of the molecule is COc1ccc(C(=O)NCC(=O)OCC(=O)NC(C)(C)CC(C)(C)C)cc1. The Kier molecular flexibility index (Phi) is 7.82. The summed E-state index contributed by atoms with van der Waals surface area (Å²) < 4.78 is 9.94. The van der Waals surface area contributed by atoms with Gasteiger partial charge in [-0.3, -0.25) is 14.4 Å². The van der Waals surface area contributed by atoms with Crippen molar-refractivity contribution in [1.29, 1.82) is 0 Å². The fourth-order valence-electron chi connectivity index (χ4n) is 2.98. The summed E-state index contributed by atoms with van der Waals surface area (Å²) in [4.78, 5) is 35.7. The molecule has 1 rings (SSSR count). The zero-order valence-electron chi connectivity index (χ0n) is 17.0. The minimum absolute atomic E-state index is 0.0548. The molecule has 7 heteroatoms. The molecule has 0 aromatic heterocycles. The van der Waals surface area contributed by atoms with Gasteiger partial charge in [0.05, 0.1) is 7.11 Å². The quantitative estimate of drug-likeness (QED) is 0.677. The third kappa shape index (κ3) is 9.08. The van der Waals surface area contributed by atoms with Crippen molar-refractivity contribution in [3.63, 3.8) is 0 Å². The van der Waals surface area contributed by atoms with Gasteiger partial charge in [-0.2, -0.15) is 0 Å². The number of carbonyl (C=O) groups excluding carboxylic acids is 3. The van der Waals surface area contributed by atoms with Crippen LogP contribution in [0, 0.1) is 5.41 Å². The van der Waals surface area contributed by atoms with Gasteiger partial charge in [-0.25, -0.2) is 0 Å². The molecule has 0 saturated carbocycles. The lowest BCUT2D eigenvalue weighted by molar-refractivity contribution is -0.148. The fraction of sp³-hybridized carbons (Fsp3) is 0.550. The molecule has 0 bridgehead atoms. The number of amides is 2. The van der Waals surface area contributed by atoms with Gasteiger partial charge in [0.1, 0.15) is 12.3 Å². The van der Waals surface area contributed by atoms with Crippen LogP contribution in [-0.2, 0) is 14.3 Å². The molecule has 7 nitrogen and oxygen atoms in total. The van der Waals surface area contributed by atoms with E-state index < -0.39 is 17.4 Å². The van der Waals surface area contributed by atoms with E-state index in [1.165, 1.54) is 7.11 Å². The number of ether oxygens (including phenoxy) is 2. The zero-order chi connectivity index (χ0) is 20.7. The van der Waals surface area contributed by atoms with Crippen molar-refractivity contribution in [3.05, 3.63) is 29.8 Å². The van der Waals surface area contributed by atoms with Crippen LogP contribution in [0.4, 0.5) is 0 Å². The minimum atomic E-state index is -0.680. The van der Waals surface area contributed by atoms with E-state index in [9.17, 15) is 14.4 Å². The van der Waals surface area contributed by atoms with Crippen molar-refractivity contribution in [3.8, 4) is 5.75 Å². The van der Waals surface area contributed by atoms with Crippen LogP contribution in [0.3, 0.4) is 0 Å². The highest BCUT2D eigenvalue weighted by Crippen LogP contribution is 2.26. The number of esters is 1. The lowest BCUT2D eigenvalue weighted by Crippen LogP contribution is -2.47. The number of nitrogens with one attached hydrogen (secondary N) is 2. The Morgan fingerprint density at radius 2 is 1.59 bits per heavy atom. The molecule has 0 saturated heterocycles. The third-order valence-corrected chi connectivity index (χ3v) is 3.56. The Hall–Kier alpha value is -2.57. The number of rotatable bonds is 8. The Bertz CT molecular complexity index is 660. The van der Waals surface area contributed by atoms with Crippen LogP contribution in [0.2, 0.25) is 0 Å². The first-order valence-electron chi connectivity index (χ1n) is 8.81. The van der Waals surface area contributed by atoms with Gasteiger partial charge in [-0.1, -0.05) is 20.8 Å². The first-order valence-corrected chi connectivity index (χ1v) is 8.81. The molecule has 2 N–H and O–H groups in total. The van der Waals surface area contributed by atoms with E-state index >= 15 is 0 Å². The van der Waals surface area contributed by atoms with E-state index in [2.05, 4.69) is 31.4 Å². The summed E-state index contributed by atoms with van der Waals surface area (Å²) in [6.07, 6.45) is 0.775. The van der Waals surface area contributed by atoms with E-state index in [-0.39, 0.29) is 24.5 Å². The highest BCUT2D eigenvalue weighted by atomic mass is 16.5. The van der Waals surface area contributed by atoms with E-state index in [1.807, 2.05) is 13.8 Å². The Labute approximate surface area is 160 Å². The Balaban J connectivity index is 2.37. The van der Waals surface area contributed by atoms with Crippen LogP contribution in [0.5, 0.6) is 5.75 Å². The molecule has 150 valence electrons. The number of hydrogen-bond donors (Lipinski definition) is 2. The van der Waals surface area contributed by atoms with Crippen LogP contribution in [-0.4, -0.2) is 43.6 Å². The molecule has 0 aliphatic carbocycles. The predicted octanol–water partition coefficient (Wildman–Crippen LogP) is 2.30. The molecular weight excluding hydrogens is 348 g/mol. The fourth-order valence-corrected chi connectivity index (χ4v) is 2.98. The topological polar surface area (TPSA) is 93.7 Å². The predicted molar refractivity (Wildman–Crippen MR) is 103 cm³/mol. The van der Waals surface area contributed by atoms with Crippen LogP contribution >= 0.6 is 0 Å². The summed E-state index contributed by atoms with van der Waals surface area (Å²) >= 11 is 0. The molecule has 0 radical (unpaired) electrons. The number of carbonyl (C=O) groups is 3. The lowest BCUT2D eigenvalue weighted by Gasteiger charge is -2.33. The zero-order valence-corrected chi connectivity index (χ0v) is 17.0. The third-order valence-electron chi connectivity index (χ3n) is 3.56. The molecule has 0 aliphatic rings. The summed E-state index contributed by atoms with van der Waals surface area (Å²) in [7, 11) is 1.53. The van der Waals surface area contributed by atoms with Crippen LogP contribution in [0.25, 0.3) is 0 Å². The summed E-state index contributed by atoms with van der Waals surface area (Å²) in [6.45, 7) is 9.42. The minimum Gasteiger partial charge on any atom is -0.497 e. The number of methoxy groups -OCH3 is 1. The van der Waals surface area contributed by atoms with Crippen LogP contribution in [0.1, 0.15) is 51.4 Å². The second-order valence-corrected chi connectivity index (χ2v) is 8.24. The second kappa shape index (κ2) is 9.39. The highest BCUT2D eigenvalue weighted by Gasteiger charge is 2.27. The molecular formula is C20H30N2O5. The number of hydrogen-bond acceptors (Lipinski definition) is 5. The van der Waals surface area contributed by atoms with Gasteiger partial charge in [0.25, 0.3) is 11.8 Å². The maximum absolute atomic E-state index is 12.0. The average molecular weight is 378 g/mol. The molecule has 1 aromatic rings. The normalized spacial score (nSPS) is 11.5. The maximum atomic E-state index is 12.0. The van der Waals surface area contributed by atoms with Gasteiger partial charge in [0.15, 0.2) is 6.61 Å². The first kappa shape index (κ1) is 22.5.